The third-order valence-electron chi connectivity index (χ3n) is 4.21. The Morgan fingerprint density at radius 2 is 2.15 bits per heavy atom. The van der Waals surface area contributed by atoms with Crippen molar-refractivity contribution in [2.75, 3.05) is 32.8 Å². The number of hydrogen-bond donors (Lipinski definition) is 1. The fourth-order valence-corrected chi connectivity index (χ4v) is 3.06. The van der Waals surface area contributed by atoms with E-state index in [1.54, 1.807) is 0 Å². The molecule has 108 valence electrons. The van der Waals surface area contributed by atoms with Crippen molar-refractivity contribution in [2.24, 2.45) is 0 Å². The lowest BCUT2D eigenvalue weighted by Crippen LogP contribution is -2.40. The predicted octanol–water partition coefficient (Wildman–Crippen LogP) is 1.12. The molecule has 0 bridgehead atoms. The SMILES string of the molecule is O=C(CCc1cccc2c1CCNC2)N1CCOCC1. The van der Waals surface area contributed by atoms with Gasteiger partial charge in [-0.05, 0) is 36.1 Å². The van der Waals surface area contributed by atoms with Gasteiger partial charge in [0.1, 0.15) is 0 Å². The van der Waals surface area contributed by atoms with E-state index in [4.69, 9.17) is 4.74 Å². The van der Waals surface area contributed by atoms with Gasteiger partial charge in [-0.25, -0.2) is 0 Å². The van der Waals surface area contributed by atoms with Gasteiger partial charge in [-0.2, -0.15) is 0 Å². The molecule has 1 aromatic rings. The van der Waals surface area contributed by atoms with Gasteiger partial charge in [0.2, 0.25) is 5.91 Å². The molecule has 1 aromatic carbocycles. The Balaban J connectivity index is 1.62. The largest absolute Gasteiger partial charge is 0.378 e. The van der Waals surface area contributed by atoms with Crippen LogP contribution >= 0.6 is 0 Å². The van der Waals surface area contributed by atoms with Crippen LogP contribution in [0.25, 0.3) is 0 Å². The lowest BCUT2D eigenvalue weighted by molar-refractivity contribution is -0.135. The van der Waals surface area contributed by atoms with Gasteiger partial charge in [0.05, 0.1) is 13.2 Å². The molecule has 1 amide bonds. The smallest absolute Gasteiger partial charge is 0.223 e. The molecule has 0 aliphatic carbocycles. The molecule has 0 atom stereocenters. The number of rotatable bonds is 3. The standard InChI is InChI=1S/C16H22N2O2/c19-16(18-8-10-20-11-9-18)5-4-13-2-1-3-14-12-17-7-6-15(13)14/h1-3,17H,4-12H2. The van der Waals surface area contributed by atoms with E-state index in [0.29, 0.717) is 19.6 Å². The van der Waals surface area contributed by atoms with Crippen molar-refractivity contribution in [1.29, 1.82) is 0 Å². The zero-order chi connectivity index (χ0) is 13.8. The summed E-state index contributed by atoms with van der Waals surface area (Å²) in [5.74, 6) is 0.264. The van der Waals surface area contributed by atoms with Crippen LogP contribution in [0.4, 0.5) is 0 Å². The Kier molecular flexibility index (Phi) is 4.33. The molecule has 1 saturated heterocycles. The molecule has 0 spiro atoms. The Morgan fingerprint density at radius 3 is 3.00 bits per heavy atom. The summed E-state index contributed by atoms with van der Waals surface area (Å²) in [6, 6.07) is 6.48. The molecule has 1 fully saturated rings. The summed E-state index contributed by atoms with van der Waals surface area (Å²) in [7, 11) is 0. The lowest BCUT2D eigenvalue weighted by atomic mass is 9.93. The Labute approximate surface area is 120 Å². The maximum atomic E-state index is 12.2. The third kappa shape index (κ3) is 3.02. The predicted molar refractivity (Wildman–Crippen MR) is 77.6 cm³/mol. The molecule has 4 heteroatoms. The minimum Gasteiger partial charge on any atom is -0.378 e. The number of amides is 1. The van der Waals surface area contributed by atoms with Crippen LogP contribution in [-0.4, -0.2) is 43.7 Å². The summed E-state index contributed by atoms with van der Waals surface area (Å²) in [6.07, 6.45) is 2.56. The highest BCUT2D eigenvalue weighted by molar-refractivity contribution is 5.76. The van der Waals surface area contributed by atoms with Gasteiger partial charge in [-0.15, -0.1) is 0 Å². The Hall–Kier alpha value is -1.39. The summed E-state index contributed by atoms with van der Waals surface area (Å²) in [4.78, 5) is 14.1. The minimum atomic E-state index is 0.264. The number of nitrogens with one attached hydrogen (secondary N) is 1. The number of carbonyl (C=O) groups excluding carboxylic acids is 1. The quantitative estimate of drug-likeness (QED) is 0.898. The summed E-state index contributed by atoms with van der Waals surface area (Å²) in [6.45, 7) is 4.85. The van der Waals surface area contributed by atoms with Crippen molar-refractivity contribution < 1.29 is 9.53 Å². The first-order chi connectivity index (χ1) is 9.84. The van der Waals surface area contributed by atoms with Gasteiger partial charge in [0.15, 0.2) is 0 Å². The second-order valence-electron chi connectivity index (χ2n) is 5.47. The van der Waals surface area contributed by atoms with E-state index in [-0.39, 0.29) is 5.91 Å². The molecule has 0 unspecified atom stereocenters. The molecule has 4 nitrogen and oxygen atoms in total. The number of carbonyl (C=O) groups is 1. The average molecular weight is 274 g/mol. The van der Waals surface area contributed by atoms with Crippen LogP contribution in [0.2, 0.25) is 0 Å². The number of aryl methyl sites for hydroxylation is 1. The van der Waals surface area contributed by atoms with Crippen LogP contribution in [0.5, 0.6) is 0 Å². The molecule has 0 aromatic heterocycles. The fourth-order valence-electron chi connectivity index (χ4n) is 3.06. The lowest BCUT2D eigenvalue weighted by Gasteiger charge is -2.27. The zero-order valence-corrected chi connectivity index (χ0v) is 11.9. The van der Waals surface area contributed by atoms with Crippen LogP contribution in [0.1, 0.15) is 23.1 Å². The zero-order valence-electron chi connectivity index (χ0n) is 11.9. The van der Waals surface area contributed by atoms with Gasteiger partial charge in [-0.3, -0.25) is 4.79 Å². The second-order valence-corrected chi connectivity index (χ2v) is 5.47. The van der Waals surface area contributed by atoms with Crippen molar-refractivity contribution in [3.63, 3.8) is 0 Å². The molecule has 1 N–H and O–H groups in total. The van der Waals surface area contributed by atoms with Gasteiger partial charge in [-0.1, -0.05) is 18.2 Å². The number of morpholine rings is 1. The normalized spacial score (nSPS) is 18.7. The van der Waals surface area contributed by atoms with Crippen LogP contribution in [-0.2, 0) is 28.9 Å². The minimum absolute atomic E-state index is 0.264. The molecule has 20 heavy (non-hydrogen) atoms. The molecule has 0 saturated carbocycles. The van der Waals surface area contributed by atoms with Gasteiger partial charge in [0.25, 0.3) is 0 Å². The molecular weight excluding hydrogens is 252 g/mol. The van der Waals surface area contributed by atoms with Crippen molar-refractivity contribution in [3.8, 4) is 0 Å². The van der Waals surface area contributed by atoms with Crippen LogP contribution in [0.15, 0.2) is 18.2 Å². The van der Waals surface area contributed by atoms with E-state index in [9.17, 15) is 4.79 Å². The highest BCUT2D eigenvalue weighted by Crippen LogP contribution is 2.20. The molecule has 3 rings (SSSR count). The summed E-state index contributed by atoms with van der Waals surface area (Å²) < 4.78 is 5.29. The van der Waals surface area contributed by atoms with E-state index in [1.807, 2.05) is 4.90 Å². The number of ether oxygens (including phenoxy) is 1. The van der Waals surface area contributed by atoms with Gasteiger partial charge < -0.3 is 15.0 Å². The van der Waals surface area contributed by atoms with Crippen molar-refractivity contribution in [3.05, 3.63) is 34.9 Å². The monoisotopic (exact) mass is 274 g/mol. The number of hydrogen-bond acceptors (Lipinski definition) is 3. The van der Waals surface area contributed by atoms with E-state index in [1.165, 1.54) is 16.7 Å². The Bertz CT molecular complexity index is 481. The topological polar surface area (TPSA) is 41.6 Å². The van der Waals surface area contributed by atoms with Crippen LogP contribution in [0.3, 0.4) is 0 Å². The first-order valence-corrected chi connectivity index (χ1v) is 7.50. The first kappa shape index (κ1) is 13.6. The van der Waals surface area contributed by atoms with Crippen molar-refractivity contribution in [1.82, 2.24) is 10.2 Å². The van der Waals surface area contributed by atoms with Gasteiger partial charge in [0, 0.05) is 26.1 Å². The molecule has 0 radical (unpaired) electrons. The number of nitrogens with zero attached hydrogens (tertiary/aromatic N) is 1. The molecule has 2 heterocycles. The third-order valence-corrected chi connectivity index (χ3v) is 4.21. The maximum Gasteiger partial charge on any atom is 0.223 e. The van der Waals surface area contributed by atoms with Crippen LogP contribution in [0, 0.1) is 0 Å². The molecule has 2 aliphatic rings. The number of benzene rings is 1. The van der Waals surface area contributed by atoms with E-state index >= 15 is 0 Å². The van der Waals surface area contributed by atoms with E-state index in [0.717, 1.165) is 39.0 Å². The number of fused-ring (bicyclic) bond motifs is 1. The highest BCUT2D eigenvalue weighted by Gasteiger charge is 2.18. The second kappa shape index (κ2) is 6.37. The maximum absolute atomic E-state index is 12.2. The van der Waals surface area contributed by atoms with E-state index in [2.05, 4.69) is 23.5 Å². The summed E-state index contributed by atoms with van der Waals surface area (Å²) in [5.41, 5.74) is 4.21. The summed E-state index contributed by atoms with van der Waals surface area (Å²) >= 11 is 0. The van der Waals surface area contributed by atoms with Crippen LogP contribution < -0.4 is 5.32 Å². The van der Waals surface area contributed by atoms with Gasteiger partial charge >= 0.3 is 0 Å². The fraction of sp³-hybridized carbons (Fsp3) is 0.562. The molecular formula is C16H22N2O2. The van der Waals surface area contributed by atoms with Crippen molar-refractivity contribution >= 4 is 5.91 Å². The van der Waals surface area contributed by atoms with Crippen molar-refractivity contribution in [2.45, 2.75) is 25.8 Å². The first-order valence-electron chi connectivity index (χ1n) is 7.50. The average Bonchev–Trinajstić information content (AvgIpc) is 2.53. The Morgan fingerprint density at radius 1 is 1.30 bits per heavy atom. The van der Waals surface area contributed by atoms with E-state index < -0.39 is 0 Å². The highest BCUT2D eigenvalue weighted by atomic mass is 16.5. The molecule has 2 aliphatic heterocycles. The summed E-state index contributed by atoms with van der Waals surface area (Å²) in [5, 5.41) is 3.40.